The number of aliphatic carboxylic acids is 1. The molecule has 4 fully saturated rings. The molecule has 0 aromatic heterocycles. The average molecular weight is 391 g/mol. The number of carboxylic acids is 1. The summed E-state index contributed by atoms with van der Waals surface area (Å²) in [7, 11) is 0. The van der Waals surface area contributed by atoms with Crippen LogP contribution in [0.15, 0.2) is 0 Å². The van der Waals surface area contributed by atoms with Gasteiger partial charge in [0.2, 0.25) is 0 Å². The van der Waals surface area contributed by atoms with Gasteiger partial charge >= 0.3 is 5.97 Å². The Morgan fingerprint density at radius 3 is 2.57 bits per heavy atom. The maximum atomic E-state index is 12.1. The van der Waals surface area contributed by atoms with Crippen LogP contribution in [0.25, 0.3) is 0 Å². The van der Waals surface area contributed by atoms with Crippen molar-refractivity contribution >= 4 is 11.8 Å². The van der Waals surface area contributed by atoms with Crippen molar-refractivity contribution in [3.63, 3.8) is 0 Å². The lowest BCUT2D eigenvalue weighted by Gasteiger charge is -2.62. The van der Waals surface area contributed by atoms with Crippen molar-refractivity contribution in [1.29, 1.82) is 0 Å². The molecule has 0 spiro atoms. The molecule has 4 rings (SSSR count). The average Bonchev–Trinajstić information content (AvgIpc) is 2.98. The number of aliphatic hydroxyl groups excluding tert-OH is 1. The maximum Gasteiger partial charge on any atom is 0.303 e. The summed E-state index contributed by atoms with van der Waals surface area (Å²) in [5.74, 6) is 2.52. The first-order valence-electron chi connectivity index (χ1n) is 11.6. The van der Waals surface area contributed by atoms with Gasteiger partial charge in [-0.1, -0.05) is 20.8 Å². The van der Waals surface area contributed by atoms with E-state index in [1.807, 2.05) is 0 Å². The van der Waals surface area contributed by atoms with Gasteiger partial charge in [0.05, 0.1) is 6.10 Å². The van der Waals surface area contributed by atoms with Crippen molar-refractivity contribution in [1.82, 2.24) is 0 Å². The summed E-state index contributed by atoms with van der Waals surface area (Å²) in [5, 5.41) is 20.3. The highest BCUT2D eigenvalue weighted by Gasteiger charge is 2.62. The highest BCUT2D eigenvalue weighted by molar-refractivity contribution is 5.79. The van der Waals surface area contributed by atoms with E-state index >= 15 is 0 Å². The van der Waals surface area contributed by atoms with Gasteiger partial charge in [0.1, 0.15) is 5.78 Å². The summed E-state index contributed by atoms with van der Waals surface area (Å²) in [6.45, 7) is 7.10. The third-order valence-electron chi connectivity index (χ3n) is 10.1. The van der Waals surface area contributed by atoms with Gasteiger partial charge in [-0.3, -0.25) is 9.59 Å². The molecule has 0 aliphatic heterocycles. The number of carboxylic acid groups (broad SMARTS) is 1. The van der Waals surface area contributed by atoms with Crippen LogP contribution in [-0.4, -0.2) is 28.1 Å². The van der Waals surface area contributed by atoms with Gasteiger partial charge in [0, 0.05) is 19.3 Å². The SMILES string of the molecule is C[C@H](CCC(=O)O)[C@H]1CC[C@H]2[C@@H]3[C@@H](O)C[C@H]4CC(=O)CC[C@]4(C)[C@H]3CC[C@]12C. The Bertz CT molecular complexity index is 645. The van der Waals surface area contributed by atoms with Crippen LogP contribution in [-0.2, 0) is 9.59 Å². The first kappa shape index (κ1) is 20.4. The fraction of sp³-hybridized carbons (Fsp3) is 0.917. The van der Waals surface area contributed by atoms with Crippen molar-refractivity contribution in [3.05, 3.63) is 0 Å². The van der Waals surface area contributed by atoms with E-state index in [9.17, 15) is 14.7 Å². The van der Waals surface area contributed by atoms with E-state index in [0.29, 0.717) is 47.7 Å². The number of ketones is 1. The van der Waals surface area contributed by atoms with Crippen LogP contribution < -0.4 is 0 Å². The molecule has 2 N–H and O–H groups in total. The summed E-state index contributed by atoms with van der Waals surface area (Å²) in [4.78, 5) is 23.1. The highest BCUT2D eigenvalue weighted by Crippen LogP contribution is 2.68. The first-order valence-corrected chi connectivity index (χ1v) is 11.6. The summed E-state index contributed by atoms with van der Waals surface area (Å²) in [5.41, 5.74) is 0.444. The Morgan fingerprint density at radius 1 is 1.14 bits per heavy atom. The van der Waals surface area contributed by atoms with Crippen LogP contribution in [0, 0.1) is 46.3 Å². The van der Waals surface area contributed by atoms with E-state index in [0.717, 1.165) is 32.1 Å². The minimum Gasteiger partial charge on any atom is -0.481 e. The van der Waals surface area contributed by atoms with Crippen molar-refractivity contribution in [2.45, 2.75) is 91.1 Å². The third kappa shape index (κ3) is 3.05. The van der Waals surface area contributed by atoms with E-state index in [-0.39, 0.29) is 23.4 Å². The van der Waals surface area contributed by atoms with Crippen LogP contribution >= 0.6 is 0 Å². The molecule has 0 aromatic carbocycles. The Balaban J connectivity index is 1.56. The Labute approximate surface area is 169 Å². The summed E-state index contributed by atoms with van der Waals surface area (Å²) >= 11 is 0. The van der Waals surface area contributed by atoms with Crippen molar-refractivity contribution in [3.8, 4) is 0 Å². The Kier molecular flexibility index (Phi) is 5.17. The van der Waals surface area contributed by atoms with Crippen LogP contribution in [0.5, 0.6) is 0 Å². The zero-order chi connectivity index (χ0) is 20.3. The molecule has 0 unspecified atom stereocenters. The molecular weight excluding hydrogens is 352 g/mol. The highest BCUT2D eigenvalue weighted by atomic mass is 16.4. The van der Waals surface area contributed by atoms with E-state index in [4.69, 9.17) is 5.11 Å². The normalized spacial score (nSPS) is 49.1. The van der Waals surface area contributed by atoms with Gasteiger partial charge < -0.3 is 10.2 Å². The number of Topliss-reactive ketones (excluding diaryl/α,β-unsaturated/α-hetero) is 1. The molecule has 0 bridgehead atoms. The second kappa shape index (κ2) is 7.11. The van der Waals surface area contributed by atoms with E-state index in [1.165, 1.54) is 19.3 Å². The molecule has 4 saturated carbocycles. The standard InChI is InChI=1S/C24H38O4/c1-14(4-7-21(27)28)17-5-6-18-22-19(9-11-24(17,18)3)23(2)10-8-16(25)12-15(23)13-20(22)26/h14-15,17-20,22,26H,4-13H2,1-3H3,(H,27,28)/t14-,15-,17-,18+,19+,20+,22+,23+,24-/m1/s1. The zero-order valence-electron chi connectivity index (χ0n) is 17.8. The maximum absolute atomic E-state index is 12.1. The molecule has 158 valence electrons. The van der Waals surface area contributed by atoms with Crippen molar-refractivity contribution in [2.24, 2.45) is 46.3 Å². The van der Waals surface area contributed by atoms with Crippen LogP contribution in [0.3, 0.4) is 0 Å². The number of hydrogen-bond acceptors (Lipinski definition) is 3. The van der Waals surface area contributed by atoms with Crippen molar-refractivity contribution in [2.75, 3.05) is 0 Å². The number of fused-ring (bicyclic) bond motifs is 5. The monoisotopic (exact) mass is 390 g/mol. The summed E-state index contributed by atoms with van der Waals surface area (Å²) in [6.07, 6.45) is 8.68. The van der Waals surface area contributed by atoms with E-state index in [2.05, 4.69) is 20.8 Å². The molecule has 0 heterocycles. The predicted molar refractivity (Wildman–Crippen MR) is 108 cm³/mol. The number of aliphatic hydroxyl groups is 1. The Morgan fingerprint density at radius 2 is 1.86 bits per heavy atom. The topological polar surface area (TPSA) is 74.6 Å². The fourth-order valence-corrected chi connectivity index (χ4v) is 8.54. The number of carbonyl (C=O) groups is 2. The lowest BCUT2D eigenvalue weighted by molar-refractivity contribution is -0.169. The second-order valence-electron chi connectivity index (χ2n) is 11.2. The molecule has 0 amide bonds. The first-order chi connectivity index (χ1) is 13.2. The van der Waals surface area contributed by atoms with Gasteiger partial charge in [-0.15, -0.1) is 0 Å². The molecule has 0 radical (unpaired) electrons. The van der Waals surface area contributed by atoms with E-state index in [1.54, 1.807) is 0 Å². The third-order valence-corrected chi connectivity index (χ3v) is 10.1. The van der Waals surface area contributed by atoms with E-state index < -0.39 is 5.97 Å². The largest absolute Gasteiger partial charge is 0.481 e. The van der Waals surface area contributed by atoms with Gasteiger partial charge in [-0.2, -0.15) is 0 Å². The molecule has 28 heavy (non-hydrogen) atoms. The van der Waals surface area contributed by atoms with Crippen LogP contribution in [0.4, 0.5) is 0 Å². The lowest BCUT2D eigenvalue weighted by Crippen LogP contribution is -2.58. The van der Waals surface area contributed by atoms with Gasteiger partial charge in [-0.25, -0.2) is 0 Å². The lowest BCUT2D eigenvalue weighted by atomic mass is 9.44. The Hall–Kier alpha value is -0.900. The quantitative estimate of drug-likeness (QED) is 0.730. The molecular formula is C24H38O4. The molecule has 0 saturated heterocycles. The predicted octanol–water partition coefficient (Wildman–Crippen LogP) is 4.69. The molecule has 4 aliphatic rings. The summed E-state index contributed by atoms with van der Waals surface area (Å²) < 4.78 is 0. The number of rotatable bonds is 4. The number of carbonyl (C=O) groups excluding carboxylic acids is 1. The fourth-order valence-electron chi connectivity index (χ4n) is 8.54. The number of hydrogen-bond donors (Lipinski definition) is 2. The van der Waals surface area contributed by atoms with Crippen LogP contribution in [0.2, 0.25) is 0 Å². The molecule has 4 nitrogen and oxygen atoms in total. The minimum absolute atomic E-state index is 0.214. The second-order valence-corrected chi connectivity index (χ2v) is 11.2. The zero-order valence-corrected chi connectivity index (χ0v) is 17.8. The molecule has 9 atom stereocenters. The molecule has 0 aromatic rings. The van der Waals surface area contributed by atoms with Gasteiger partial charge in [-0.05, 0) is 91.3 Å². The summed E-state index contributed by atoms with van der Waals surface area (Å²) in [6, 6.07) is 0. The van der Waals surface area contributed by atoms with Gasteiger partial charge in [0.15, 0.2) is 0 Å². The minimum atomic E-state index is -0.691. The van der Waals surface area contributed by atoms with Crippen molar-refractivity contribution < 1.29 is 19.8 Å². The van der Waals surface area contributed by atoms with Crippen LogP contribution in [0.1, 0.15) is 85.0 Å². The van der Waals surface area contributed by atoms with Gasteiger partial charge in [0.25, 0.3) is 0 Å². The molecule has 4 heteroatoms. The molecule has 4 aliphatic carbocycles. The smallest absolute Gasteiger partial charge is 0.303 e.